The molecule has 1 rings (SSSR count). The Morgan fingerprint density at radius 1 is 1.67 bits per heavy atom. The Morgan fingerprint density at radius 2 is 2.33 bits per heavy atom. The first-order valence-electron chi connectivity index (χ1n) is 3.31. The number of aryl methyl sites for hydroxylation is 1. The van der Waals surface area contributed by atoms with Crippen molar-refractivity contribution in [2.24, 2.45) is 0 Å². The molecule has 0 aliphatic rings. The van der Waals surface area contributed by atoms with Crippen LogP contribution in [0.5, 0.6) is 0 Å². The Hall–Kier alpha value is -1.23. The third kappa shape index (κ3) is 2.13. The molecule has 4 nitrogen and oxygen atoms in total. The summed E-state index contributed by atoms with van der Waals surface area (Å²) in [4.78, 5) is 21.9. The topological polar surface area (TPSA) is 60.2 Å². The quantitative estimate of drug-likeness (QED) is 0.407. The second kappa shape index (κ2) is 3.44. The number of Topliss-reactive ketones (excluding diaryl/α,β-unsaturated/α-hetero) is 1. The molecule has 0 radical (unpaired) electrons. The number of ketones is 1. The van der Waals surface area contributed by atoms with Gasteiger partial charge >= 0.3 is 0 Å². The van der Waals surface area contributed by atoms with E-state index in [1.807, 2.05) is 6.92 Å². The largest absolute Gasteiger partial charge is 0.286 e. The number of nitro groups is 1. The molecule has 1 aromatic heterocycles. The predicted molar refractivity (Wildman–Crippen MR) is 45.2 cm³/mol. The summed E-state index contributed by atoms with van der Waals surface area (Å²) in [5, 5.41) is 9.98. The zero-order valence-corrected chi connectivity index (χ0v) is 7.26. The van der Waals surface area contributed by atoms with Gasteiger partial charge in [-0.05, 0) is 19.1 Å². The second-order valence-corrected chi connectivity index (χ2v) is 3.61. The first kappa shape index (κ1) is 8.86. The van der Waals surface area contributed by atoms with Gasteiger partial charge in [0.1, 0.15) is 0 Å². The summed E-state index contributed by atoms with van der Waals surface area (Å²) in [7, 11) is 0. The third-order valence-corrected chi connectivity index (χ3v) is 2.33. The molecule has 0 bridgehead atoms. The van der Waals surface area contributed by atoms with Crippen LogP contribution >= 0.6 is 11.3 Å². The molecule has 1 heterocycles. The SMILES string of the molecule is Cc1ccc(C(=O)C[N+](=O)[O-])s1. The van der Waals surface area contributed by atoms with E-state index in [0.29, 0.717) is 4.88 Å². The highest BCUT2D eigenvalue weighted by Gasteiger charge is 2.13. The van der Waals surface area contributed by atoms with E-state index in [0.717, 1.165) is 4.88 Å². The van der Waals surface area contributed by atoms with Gasteiger partial charge in [-0.1, -0.05) is 0 Å². The summed E-state index contributed by atoms with van der Waals surface area (Å²) in [6, 6.07) is 3.39. The third-order valence-electron chi connectivity index (χ3n) is 1.29. The molecule has 0 saturated carbocycles. The zero-order valence-electron chi connectivity index (χ0n) is 6.44. The van der Waals surface area contributed by atoms with Crippen molar-refractivity contribution >= 4 is 17.1 Å². The van der Waals surface area contributed by atoms with Crippen LogP contribution in [0.25, 0.3) is 0 Å². The van der Waals surface area contributed by atoms with Crippen LogP contribution in [0.3, 0.4) is 0 Å². The second-order valence-electron chi connectivity index (χ2n) is 2.32. The Bertz CT molecular complexity index is 318. The maximum atomic E-state index is 11.0. The molecule has 0 aliphatic carbocycles. The van der Waals surface area contributed by atoms with Crippen LogP contribution in [0.2, 0.25) is 0 Å². The molecule has 0 saturated heterocycles. The summed E-state index contributed by atoms with van der Waals surface area (Å²) in [5.74, 6) is -0.418. The van der Waals surface area contributed by atoms with Crippen LogP contribution in [0, 0.1) is 17.0 Å². The molecule has 12 heavy (non-hydrogen) atoms. The predicted octanol–water partition coefficient (Wildman–Crippen LogP) is 1.52. The van der Waals surface area contributed by atoms with E-state index in [2.05, 4.69) is 0 Å². The number of hydrogen-bond acceptors (Lipinski definition) is 4. The lowest BCUT2D eigenvalue weighted by atomic mass is 10.3. The summed E-state index contributed by atoms with van der Waals surface area (Å²) < 4.78 is 0. The fraction of sp³-hybridized carbons (Fsp3) is 0.286. The van der Waals surface area contributed by atoms with Crippen LogP contribution in [-0.2, 0) is 0 Å². The summed E-state index contributed by atoms with van der Waals surface area (Å²) in [5.41, 5.74) is 0. The maximum absolute atomic E-state index is 11.0. The van der Waals surface area contributed by atoms with Crippen molar-refractivity contribution in [3.05, 3.63) is 32.0 Å². The highest BCUT2D eigenvalue weighted by Crippen LogP contribution is 2.15. The van der Waals surface area contributed by atoms with Crippen molar-refractivity contribution in [2.45, 2.75) is 6.92 Å². The lowest BCUT2D eigenvalue weighted by Gasteiger charge is -1.88. The number of carbonyl (C=O) groups excluding carboxylic acids is 1. The van der Waals surface area contributed by atoms with E-state index >= 15 is 0 Å². The Labute approximate surface area is 73.0 Å². The molecule has 0 fully saturated rings. The monoisotopic (exact) mass is 185 g/mol. The van der Waals surface area contributed by atoms with Crippen molar-refractivity contribution in [1.29, 1.82) is 0 Å². The van der Waals surface area contributed by atoms with Gasteiger partial charge in [-0.2, -0.15) is 0 Å². The van der Waals surface area contributed by atoms with Crippen LogP contribution in [0.1, 0.15) is 14.5 Å². The number of thiophene rings is 1. The highest BCUT2D eigenvalue weighted by molar-refractivity contribution is 7.14. The molecule has 0 aliphatic heterocycles. The first-order chi connectivity index (χ1) is 5.59. The van der Waals surface area contributed by atoms with E-state index in [-0.39, 0.29) is 0 Å². The fourth-order valence-electron chi connectivity index (χ4n) is 0.780. The van der Waals surface area contributed by atoms with E-state index in [1.165, 1.54) is 11.3 Å². The fourth-order valence-corrected chi connectivity index (χ4v) is 1.58. The number of hydrogen-bond donors (Lipinski definition) is 0. The number of nitrogens with zero attached hydrogens (tertiary/aromatic N) is 1. The van der Waals surface area contributed by atoms with Gasteiger partial charge in [0.15, 0.2) is 0 Å². The van der Waals surface area contributed by atoms with E-state index in [9.17, 15) is 14.9 Å². The van der Waals surface area contributed by atoms with Crippen LogP contribution in [0.15, 0.2) is 12.1 Å². The summed E-state index contributed by atoms with van der Waals surface area (Å²) in [6.45, 7) is 1.24. The molecular weight excluding hydrogens is 178 g/mol. The minimum absolute atomic E-state index is 0.418. The molecule has 0 unspecified atom stereocenters. The molecule has 0 amide bonds. The maximum Gasteiger partial charge on any atom is 0.266 e. The molecular formula is C7H7NO3S. The van der Waals surface area contributed by atoms with E-state index in [4.69, 9.17) is 0 Å². The Balaban J connectivity index is 2.72. The van der Waals surface area contributed by atoms with Crippen molar-refractivity contribution in [3.8, 4) is 0 Å². The zero-order chi connectivity index (χ0) is 9.14. The van der Waals surface area contributed by atoms with Gasteiger partial charge in [0.05, 0.1) is 4.88 Å². The van der Waals surface area contributed by atoms with Crippen LogP contribution in [-0.4, -0.2) is 17.3 Å². The lowest BCUT2D eigenvalue weighted by Crippen LogP contribution is -2.12. The van der Waals surface area contributed by atoms with Gasteiger partial charge < -0.3 is 0 Å². The van der Waals surface area contributed by atoms with Gasteiger partial charge in [0.2, 0.25) is 5.78 Å². The van der Waals surface area contributed by atoms with Gasteiger partial charge in [-0.3, -0.25) is 14.9 Å². The molecule has 64 valence electrons. The summed E-state index contributed by atoms with van der Waals surface area (Å²) >= 11 is 1.28. The number of carbonyl (C=O) groups is 1. The van der Waals surface area contributed by atoms with Crippen molar-refractivity contribution in [1.82, 2.24) is 0 Å². The van der Waals surface area contributed by atoms with Crippen LogP contribution in [0.4, 0.5) is 0 Å². The average Bonchev–Trinajstić information content (AvgIpc) is 2.34. The molecule has 0 spiro atoms. The van der Waals surface area contributed by atoms with Gasteiger partial charge in [-0.25, -0.2) is 0 Å². The standard InChI is InChI=1S/C7H7NO3S/c1-5-2-3-7(12-5)6(9)4-8(10)11/h2-3H,4H2,1H3. The molecule has 5 heteroatoms. The van der Waals surface area contributed by atoms with Crippen molar-refractivity contribution in [3.63, 3.8) is 0 Å². The molecule has 0 aromatic carbocycles. The molecule has 1 aromatic rings. The smallest absolute Gasteiger partial charge is 0.266 e. The van der Waals surface area contributed by atoms with Gasteiger partial charge in [0, 0.05) is 9.80 Å². The molecule has 0 atom stereocenters. The van der Waals surface area contributed by atoms with E-state index < -0.39 is 17.3 Å². The average molecular weight is 185 g/mol. The Morgan fingerprint density at radius 3 is 2.75 bits per heavy atom. The molecule has 0 N–H and O–H groups in total. The van der Waals surface area contributed by atoms with Crippen molar-refractivity contribution in [2.75, 3.05) is 6.54 Å². The lowest BCUT2D eigenvalue weighted by molar-refractivity contribution is -0.465. The van der Waals surface area contributed by atoms with Gasteiger partial charge in [-0.15, -0.1) is 11.3 Å². The van der Waals surface area contributed by atoms with E-state index in [1.54, 1.807) is 12.1 Å². The van der Waals surface area contributed by atoms with Gasteiger partial charge in [0.25, 0.3) is 6.54 Å². The minimum Gasteiger partial charge on any atom is -0.286 e. The minimum atomic E-state index is -0.614. The first-order valence-corrected chi connectivity index (χ1v) is 4.12. The van der Waals surface area contributed by atoms with Crippen LogP contribution < -0.4 is 0 Å². The normalized spacial score (nSPS) is 9.75. The highest BCUT2D eigenvalue weighted by atomic mass is 32.1. The van der Waals surface area contributed by atoms with Crippen molar-refractivity contribution < 1.29 is 9.72 Å². The summed E-state index contributed by atoms with van der Waals surface area (Å²) in [6.07, 6.45) is 0. The Kier molecular flexibility index (Phi) is 2.54. The number of rotatable bonds is 3.